The largest absolute Gasteiger partial charge is 0.458 e. The van der Waals surface area contributed by atoms with Gasteiger partial charge in [-0.3, -0.25) is 9.59 Å². The van der Waals surface area contributed by atoms with Crippen molar-refractivity contribution >= 4 is 11.8 Å². The first-order valence-electron chi connectivity index (χ1n) is 11.2. The minimum Gasteiger partial charge on any atom is -0.458 e. The summed E-state index contributed by atoms with van der Waals surface area (Å²) in [5.74, 6) is -2.26. The fourth-order valence-electron chi connectivity index (χ4n) is 7.19. The van der Waals surface area contributed by atoms with Crippen molar-refractivity contribution in [1.29, 1.82) is 0 Å². The molecule has 1 spiro atoms. The van der Waals surface area contributed by atoms with Crippen LogP contribution in [0.15, 0.2) is 23.3 Å². The van der Waals surface area contributed by atoms with Gasteiger partial charge < -0.3 is 25.2 Å². The van der Waals surface area contributed by atoms with Crippen LogP contribution in [0.25, 0.3) is 0 Å². The van der Waals surface area contributed by atoms with Crippen molar-refractivity contribution in [2.45, 2.75) is 77.3 Å². The number of fused-ring (bicyclic) bond motifs is 3. The van der Waals surface area contributed by atoms with Crippen LogP contribution in [0.5, 0.6) is 0 Å². The highest BCUT2D eigenvalue weighted by Gasteiger charge is 2.83. The summed E-state index contributed by atoms with van der Waals surface area (Å²) < 4.78 is 6.07. The predicted molar refractivity (Wildman–Crippen MR) is 112 cm³/mol. The third-order valence-corrected chi connectivity index (χ3v) is 8.80. The van der Waals surface area contributed by atoms with E-state index in [1.807, 2.05) is 27.7 Å². The standard InChI is InChI=1S/C24H34O7/c1-6-7-16(26)31-23-10-13(3)22-9-12(2)18(27)24(22,30)19(28)14(11-25)8-15(20(22)29)17(23)21(23,4)5/h8-9,13,15,17-19,25,27-28,30H,6-7,10-11H2,1-5H3/t13?,15-,17+,18-,19+,22-,23-,24+/m0/s1. The number of Topliss-reactive ketones (excluding diaryl/α,β-unsaturated/α-hetero) is 1. The second kappa shape index (κ2) is 6.73. The molecule has 0 aromatic heterocycles. The number of carbonyl (C=O) groups is 2. The Hall–Kier alpha value is -1.54. The van der Waals surface area contributed by atoms with E-state index in [4.69, 9.17) is 4.74 Å². The average molecular weight is 435 g/mol. The van der Waals surface area contributed by atoms with E-state index in [9.17, 15) is 30.0 Å². The Balaban J connectivity index is 1.94. The van der Waals surface area contributed by atoms with Crippen LogP contribution in [0.3, 0.4) is 0 Å². The molecule has 0 radical (unpaired) electrons. The van der Waals surface area contributed by atoms with Gasteiger partial charge in [0.15, 0.2) is 5.78 Å². The first-order valence-corrected chi connectivity index (χ1v) is 11.2. The molecule has 2 saturated carbocycles. The summed E-state index contributed by atoms with van der Waals surface area (Å²) in [5, 5.41) is 43.9. The molecular weight excluding hydrogens is 400 g/mol. The number of rotatable bonds is 4. The van der Waals surface area contributed by atoms with Crippen LogP contribution >= 0.6 is 0 Å². The van der Waals surface area contributed by atoms with Crippen LogP contribution in [0.4, 0.5) is 0 Å². The molecule has 2 bridgehead atoms. The summed E-state index contributed by atoms with van der Waals surface area (Å²) >= 11 is 0. The van der Waals surface area contributed by atoms with E-state index in [0.29, 0.717) is 18.4 Å². The van der Waals surface area contributed by atoms with E-state index < -0.39 is 52.7 Å². The Morgan fingerprint density at radius 2 is 1.90 bits per heavy atom. The van der Waals surface area contributed by atoms with Crippen molar-refractivity contribution in [1.82, 2.24) is 0 Å². The molecule has 4 aliphatic carbocycles. The second-order valence-electron chi connectivity index (χ2n) is 10.6. The zero-order valence-corrected chi connectivity index (χ0v) is 18.9. The molecule has 4 aliphatic rings. The predicted octanol–water partition coefficient (Wildman–Crippen LogP) is 1.28. The van der Waals surface area contributed by atoms with Crippen molar-refractivity contribution < 1.29 is 34.8 Å². The summed E-state index contributed by atoms with van der Waals surface area (Å²) in [6.07, 6.45) is 1.35. The Morgan fingerprint density at radius 3 is 2.48 bits per heavy atom. The molecule has 0 amide bonds. The zero-order chi connectivity index (χ0) is 23.1. The molecule has 172 valence electrons. The molecule has 4 N–H and O–H groups in total. The van der Waals surface area contributed by atoms with E-state index >= 15 is 0 Å². The Morgan fingerprint density at radius 1 is 1.26 bits per heavy atom. The van der Waals surface area contributed by atoms with Gasteiger partial charge in [-0.25, -0.2) is 0 Å². The number of allylic oxidation sites excluding steroid dienone is 1. The van der Waals surface area contributed by atoms with Crippen molar-refractivity contribution in [2.24, 2.45) is 28.6 Å². The fourth-order valence-corrected chi connectivity index (χ4v) is 7.19. The highest BCUT2D eigenvalue weighted by Crippen LogP contribution is 2.75. The maximum atomic E-state index is 14.1. The van der Waals surface area contributed by atoms with Crippen LogP contribution in [0.2, 0.25) is 0 Å². The van der Waals surface area contributed by atoms with Gasteiger partial charge in [-0.15, -0.1) is 0 Å². The lowest BCUT2D eigenvalue weighted by atomic mass is 9.59. The van der Waals surface area contributed by atoms with E-state index in [-0.39, 0.29) is 29.7 Å². The average Bonchev–Trinajstić information content (AvgIpc) is 3.10. The number of ketones is 1. The molecule has 0 aromatic carbocycles. The summed E-state index contributed by atoms with van der Waals surface area (Å²) in [6.45, 7) is 8.72. The van der Waals surface area contributed by atoms with E-state index in [2.05, 4.69) is 0 Å². The van der Waals surface area contributed by atoms with Gasteiger partial charge in [0.2, 0.25) is 0 Å². The minimum absolute atomic E-state index is 0.107. The maximum absolute atomic E-state index is 14.1. The zero-order valence-electron chi connectivity index (χ0n) is 18.9. The molecular formula is C24H34O7. The van der Waals surface area contributed by atoms with Gasteiger partial charge >= 0.3 is 5.97 Å². The number of hydrogen-bond acceptors (Lipinski definition) is 7. The van der Waals surface area contributed by atoms with Crippen LogP contribution in [0.1, 0.15) is 53.9 Å². The Labute approximate surface area is 182 Å². The van der Waals surface area contributed by atoms with Crippen molar-refractivity contribution in [2.75, 3.05) is 6.61 Å². The van der Waals surface area contributed by atoms with Gasteiger partial charge in [-0.2, -0.15) is 0 Å². The fraction of sp³-hybridized carbons (Fsp3) is 0.750. The highest BCUT2D eigenvalue weighted by atomic mass is 16.6. The number of carbonyl (C=O) groups excluding carboxylic acids is 2. The van der Waals surface area contributed by atoms with Crippen LogP contribution < -0.4 is 0 Å². The topological polar surface area (TPSA) is 124 Å². The maximum Gasteiger partial charge on any atom is 0.306 e. The third kappa shape index (κ3) is 2.44. The molecule has 7 heteroatoms. The van der Waals surface area contributed by atoms with Crippen LogP contribution in [0, 0.1) is 28.6 Å². The van der Waals surface area contributed by atoms with Gasteiger partial charge in [0.05, 0.1) is 12.0 Å². The third-order valence-electron chi connectivity index (χ3n) is 8.80. The van der Waals surface area contributed by atoms with Gasteiger partial charge in [-0.05, 0) is 36.8 Å². The number of hydrogen-bond donors (Lipinski definition) is 4. The molecule has 8 atom stereocenters. The minimum atomic E-state index is -2.20. The van der Waals surface area contributed by atoms with Gasteiger partial charge in [0.1, 0.15) is 23.4 Å². The summed E-state index contributed by atoms with van der Waals surface area (Å²) in [5.41, 5.74) is -4.62. The van der Waals surface area contributed by atoms with E-state index in [0.717, 1.165) is 0 Å². The summed E-state index contributed by atoms with van der Waals surface area (Å²) in [7, 11) is 0. The lowest BCUT2D eigenvalue weighted by molar-refractivity contribution is -0.191. The Bertz CT molecular complexity index is 888. The molecule has 0 saturated heterocycles. The lowest BCUT2D eigenvalue weighted by Crippen LogP contribution is -2.65. The van der Waals surface area contributed by atoms with Gasteiger partial charge in [0.25, 0.3) is 0 Å². The Kier molecular flexibility index (Phi) is 4.92. The van der Waals surface area contributed by atoms with E-state index in [1.165, 1.54) is 0 Å². The highest BCUT2D eigenvalue weighted by molar-refractivity contribution is 5.95. The van der Waals surface area contributed by atoms with Crippen LogP contribution in [-0.2, 0) is 14.3 Å². The van der Waals surface area contributed by atoms with Crippen molar-refractivity contribution in [3.8, 4) is 0 Å². The quantitative estimate of drug-likeness (QED) is 0.388. The summed E-state index contributed by atoms with van der Waals surface area (Å²) in [6, 6.07) is 0. The lowest BCUT2D eigenvalue weighted by Gasteiger charge is -2.48. The number of ether oxygens (including phenoxy) is 1. The van der Waals surface area contributed by atoms with Crippen LogP contribution in [-0.4, -0.2) is 62.2 Å². The molecule has 0 heterocycles. The van der Waals surface area contributed by atoms with Gasteiger partial charge in [0, 0.05) is 23.7 Å². The first kappa shape index (κ1) is 22.6. The molecule has 2 fully saturated rings. The smallest absolute Gasteiger partial charge is 0.306 e. The van der Waals surface area contributed by atoms with Crippen molar-refractivity contribution in [3.63, 3.8) is 0 Å². The monoisotopic (exact) mass is 434 g/mol. The first-order chi connectivity index (χ1) is 14.4. The molecule has 4 rings (SSSR count). The second-order valence-corrected chi connectivity index (χ2v) is 10.6. The number of aliphatic hydroxyl groups excluding tert-OH is 3. The molecule has 0 aliphatic heterocycles. The van der Waals surface area contributed by atoms with Gasteiger partial charge in [-0.1, -0.05) is 39.8 Å². The number of esters is 1. The SMILES string of the molecule is CCCC(=O)O[C@@]12CC(C)[C@]34C=C(C)[C@H](O)[C@@]3(O)[C@H](O)C(CO)=C[C@H](C4=O)[C@@H]1C2(C)C. The van der Waals surface area contributed by atoms with E-state index in [1.54, 1.807) is 19.1 Å². The molecule has 0 aromatic rings. The normalized spacial score (nSPS) is 47.4. The molecule has 7 nitrogen and oxygen atoms in total. The number of aliphatic hydroxyl groups is 4. The van der Waals surface area contributed by atoms with Crippen molar-refractivity contribution in [3.05, 3.63) is 23.3 Å². The molecule has 1 unspecified atom stereocenters. The molecule has 31 heavy (non-hydrogen) atoms. The summed E-state index contributed by atoms with van der Waals surface area (Å²) in [4.78, 5) is 26.7.